The van der Waals surface area contributed by atoms with Crippen molar-refractivity contribution in [1.29, 1.82) is 0 Å². The van der Waals surface area contributed by atoms with E-state index in [4.69, 9.17) is 18.0 Å². The lowest BCUT2D eigenvalue weighted by molar-refractivity contribution is -0.127. The van der Waals surface area contributed by atoms with E-state index in [-0.39, 0.29) is 23.5 Å². The Kier molecular flexibility index (Phi) is 4.49. The normalized spacial score (nSPS) is 23.4. The summed E-state index contributed by atoms with van der Waals surface area (Å²) >= 11 is 5.05. The van der Waals surface area contributed by atoms with Gasteiger partial charge in [0.2, 0.25) is 5.91 Å². The van der Waals surface area contributed by atoms with Gasteiger partial charge in [-0.25, -0.2) is 0 Å². The highest BCUT2D eigenvalue weighted by atomic mass is 32.1. The van der Waals surface area contributed by atoms with Crippen LogP contribution in [0, 0.1) is 0 Å². The summed E-state index contributed by atoms with van der Waals surface area (Å²) < 4.78 is 0. The molecule has 2 unspecified atom stereocenters. The van der Waals surface area contributed by atoms with Crippen molar-refractivity contribution in [3.8, 4) is 0 Å². The lowest BCUT2D eigenvalue weighted by atomic mass is 10.1. The molecular weight excluding hydrogens is 234 g/mol. The monoisotopic (exact) mass is 257 g/mol. The fraction of sp³-hybridized carbons (Fsp3) is 0.833. The highest BCUT2D eigenvalue weighted by molar-refractivity contribution is 7.80. The lowest BCUT2D eigenvalue weighted by Gasteiger charge is -2.31. The number of nitrogens with zero attached hydrogens (tertiary/aromatic N) is 1. The Morgan fingerprint density at radius 3 is 2.59 bits per heavy atom. The van der Waals surface area contributed by atoms with Crippen molar-refractivity contribution in [2.75, 3.05) is 6.54 Å². The third-order valence-corrected chi connectivity index (χ3v) is 3.27. The van der Waals surface area contributed by atoms with Gasteiger partial charge in [-0.15, -0.1) is 0 Å². The molecule has 0 radical (unpaired) electrons. The maximum Gasteiger partial charge on any atom is 0.237 e. The Bertz CT molecular complexity index is 311. The van der Waals surface area contributed by atoms with Crippen molar-refractivity contribution in [2.45, 2.75) is 58.2 Å². The number of hydrogen-bond acceptors (Lipinski definition) is 3. The Hall–Kier alpha value is -0.680. The Labute approximate surface area is 109 Å². The molecule has 4 nitrogen and oxygen atoms in total. The SMILES string of the molecule is CC(C(=O)NC(C)(C)C)N1CCCC1C(N)=S. The molecule has 0 saturated carbocycles. The van der Waals surface area contributed by atoms with Crippen LogP contribution in [0.1, 0.15) is 40.5 Å². The minimum atomic E-state index is -0.205. The first-order valence-corrected chi connectivity index (χ1v) is 6.50. The van der Waals surface area contributed by atoms with Crippen molar-refractivity contribution in [3.63, 3.8) is 0 Å². The molecular formula is C12H23N3OS. The van der Waals surface area contributed by atoms with Gasteiger partial charge >= 0.3 is 0 Å². The first-order chi connectivity index (χ1) is 7.72. The molecule has 5 heteroatoms. The molecule has 0 aromatic carbocycles. The second-order valence-electron chi connectivity index (χ2n) is 5.71. The fourth-order valence-electron chi connectivity index (χ4n) is 2.18. The summed E-state index contributed by atoms with van der Waals surface area (Å²) in [5.74, 6) is 0.0423. The maximum atomic E-state index is 12.1. The van der Waals surface area contributed by atoms with Crippen LogP contribution in [0.15, 0.2) is 0 Å². The highest BCUT2D eigenvalue weighted by Gasteiger charge is 2.34. The van der Waals surface area contributed by atoms with Crippen LogP contribution < -0.4 is 11.1 Å². The average Bonchev–Trinajstić information content (AvgIpc) is 2.61. The van der Waals surface area contributed by atoms with Crippen LogP contribution in [0.3, 0.4) is 0 Å². The molecule has 1 fully saturated rings. The molecule has 1 heterocycles. The number of amides is 1. The summed E-state index contributed by atoms with van der Waals surface area (Å²) in [6.45, 7) is 8.74. The molecule has 98 valence electrons. The molecule has 17 heavy (non-hydrogen) atoms. The van der Waals surface area contributed by atoms with E-state index in [0.717, 1.165) is 19.4 Å². The minimum Gasteiger partial charge on any atom is -0.392 e. The van der Waals surface area contributed by atoms with Gasteiger partial charge in [0.05, 0.1) is 17.1 Å². The van der Waals surface area contributed by atoms with Crippen molar-refractivity contribution in [1.82, 2.24) is 10.2 Å². The molecule has 1 aliphatic rings. The third kappa shape index (κ3) is 3.92. The van der Waals surface area contributed by atoms with Crippen molar-refractivity contribution < 1.29 is 4.79 Å². The number of likely N-dealkylation sites (tertiary alicyclic amines) is 1. The Morgan fingerprint density at radius 2 is 2.12 bits per heavy atom. The summed E-state index contributed by atoms with van der Waals surface area (Å²) in [7, 11) is 0. The number of nitrogens with one attached hydrogen (secondary N) is 1. The number of hydrogen-bond donors (Lipinski definition) is 2. The van der Waals surface area contributed by atoms with Crippen molar-refractivity contribution in [3.05, 3.63) is 0 Å². The van der Waals surface area contributed by atoms with Gasteiger partial charge in [-0.2, -0.15) is 0 Å². The topological polar surface area (TPSA) is 58.4 Å². The number of nitrogens with two attached hydrogens (primary N) is 1. The van der Waals surface area contributed by atoms with Gasteiger partial charge in [0.25, 0.3) is 0 Å². The number of carbonyl (C=O) groups excluding carboxylic acids is 1. The molecule has 1 amide bonds. The predicted octanol–water partition coefficient (Wildman–Crippen LogP) is 1.04. The fourth-order valence-corrected chi connectivity index (χ4v) is 2.44. The first kappa shape index (κ1) is 14.4. The van der Waals surface area contributed by atoms with Gasteiger partial charge < -0.3 is 11.1 Å². The van der Waals surface area contributed by atoms with Gasteiger partial charge in [0.15, 0.2) is 0 Å². The molecule has 0 spiro atoms. The van der Waals surface area contributed by atoms with E-state index in [1.807, 2.05) is 27.7 Å². The zero-order valence-electron chi connectivity index (χ0n) is 11.1. The van der Waals surface area contributed by atoms with Crippen LogP contribution in [-0.4, -0.2) is 40.0 Å². The lowest BCUT2D eigenvalue weighted by Crippen LogP contribution is -2.54. The highest BCUT2D eigenvalue weighted by Crippen LogP contribution is 2.20. The van der Waals surface area contributed by atoms with Crippen LogP contribution in [0.5, 0.6) is 0 Å². The van der Waals surface area contributed by atoms with Crippen LogP contribution >= 0.6 is 12.2 Å². The van der Waals surface area contributed by atoms with Gasteiger partial charge in [0, 0.05) is 5.54 Å². The number of carbonyl (C=O) groups is 1. The molecule has 0 aliphatic carbocycles. The summed E-state index contributed by atoms with van der Waals surface area (Å²) in [5, 5.41) is 2.99. The third-order valence-electron chi connectivity index (χ3n) is 3.00. The zero-order chi connectivity index (χ0) is 13.2. The average molecular weight is 257 g/mol. The van der Waals surface area contributed by atoms with Crippen LogP contribution in [0.4, 0.5) is 0 Å². The molecule has 1 saturated heterocycles. The van der Waals surface area contributed by atoms with E-state index < -0.39 is 0 Å². The van der Waals surface area contributed by atoms with E-state index in [2.05, 4.69) is 10.2 Å². The van der Waals surface area contributed by atoms with Crippen LogP contribution in [-0.2, 0) is 4.79 Å². The van der Waals surface area contributed by atoms with Crippen LogP contribution in [0.25, 0.3) is 0 Å². The Morgan fingerprint density at radius 1 is 1.53 bits per heavy atom. The second kappa shape index (κ2) is 5.31. The molecule has 0 bridgehead atoms. The van der Waals surface area contributed by atoms with Gasteiger partial charge in [0.1, 0.15) is 0 Å². The van der Waals surface area contributed by atoms with E-state index in [0.29, 0.717) is 4.99 Å². The molecule has 1 aliphatic heterocycles. The van der Waals surface area contributed by atoms with E-state index in [1.165, 1.54) is 0 Å². The van der Waals surface area contributed by atoms with Crippen molar-refractivity contribution in [2.24, 2.45) is 5.73 Å². The molecule has 0 aromatic rings. The summed E-state index contributed by atoms with van der Waals surface area (Å²) in [5.41, 5.74) is 5.51. The van der Waals surface area contributed by atoms with E-state index >= 15 is 0 Å². The van der Waals surface area contributed by atoms with Crippen molar-refractivity contribution >= 4 is 23.1 Å². The van der Waals surface area contributed by atoms with E-state index in [9.17, 15) is 4.79 Å². The smallest absolute Gasteiger partial charge is 0.237 e. The zero-order valence-corrected chi connectivity index (χ0v) is 11.9. The second-order valence-corrected chi connectivity index (χ2v) is 6.18. The Balaban J connectivity index is 2.66. The molecule has 2 atom stereocenters. The first-order valence-electron chi connectivity index (χ1n) is 6.09. The van der Waals surface area contributed by atoms with Gasteiger partial charge in [-0.1, -0.05) is 12.2 Å². The standard InChI is InChI=1S/C12H23N3OS/c1-8(11(16)14-12(2,3)4)15-7-5-6-9(15)10(13)17/h8-9H,5-7H2,1-4H3,(H2,13,17)(H,14,16). The number of rotatable bonds is 3. The maximum absolute atomic E-state index is 12.1. The molecule has 3 N–H and O–H groups in total. The molecule has 0 aromatic heterocycles. The van der Waals surface area contributed by atoms with Crippen LogP contribution in [0.2, 0.25) is 0 Å². The summed E-state index contributed by atoms with van der Waals surface area (Å²) in [6.07, 6.45) is 2.01. The summed E-state index contributed by atoms with van der Waals surface area (Å²) in [4.78, 5) is 14.7. The summed E-state index contributed by atoms with van der Waals surface area (Å²) in [6, 6.07) is -0.103. The predicted molar refractivity (Wildman–Crippen MR) is 73.9 cm³/mol. The molecule has 1 rings (SSSR count). The number of thiocarbonyl (C=S) groups is 1. The van der Waals surface area contributed by atoms with Gasteiger partial charge in [-0.05, 0) is 47.1 Å². The quantitative estimate of drug-likeness (QED) is 0.742. The van der Waals surface area contributed by atoms with E-state index in [1.54, 1.807) is 0 Å². The largest absolute Gasteiger partial charge is 0.392 e. The van der Waals surface area contributed by atoms with Gasteiger partial charge in [-0.3, -0.25) is 9.69 Å². The minimum absolute atomic E-state index is 0.0423.